The van der Waals surface area contributed by atoms with Gasteiger partial charge in [-0.1, -0.05) is 6.42 Å². The first-order valence-electron chi connectivity index (χ1n) is 4.93. The van der Waals surface area contributed by atoms with Crippen molar-refractivity contribution >= 4 is 0 Å². The molecule has 1 saturated carbocycles. The largest absolute Gasteiger partial charge is 0.330 e. The molecule has 1 fully saturated rings. The van der Waals surface area contributed by atoms with E-state index in [1.165, 1.54) is 6.42 Å². The number of rotatable bonds is 5. The first-order valence-corrected chi connectivity index (χ1v) is 4.93. The van der Waals surface area contributed by atoms with Crippen LogP contribution < -0.4 is 11.1 Å². The number of nitrogens with two attached hydrogens (primary N) is 1. The summed E-state index contributed by atoms with van der Waals surface area (Å²) in [7, 11) is 0. The molecule has 2 nitrogen and oxygen atoms in total. The van der Waals surface area contributed by atoms with Gasteiger partial charge in [0.05, 0.1) is 6.54 Å². The van der Waals surface area contributed by atoms with Crippen molar-refractivity contribution in [1.29, 1.82) is 0 Å². The first kappa shape index (κ1) is 10.9. The van der Waals surface area contributed by atoms with Gasteiger partial charge in [-0.3, -0.25) is 0 Å². The highest BCUT2D eigenvalue weighted by molar-refractivity contribution is 4.79. The van der Waals surface area contributed by atoms with E-state index in [1.807, 2.05) is 0 Å². The Morgan fingerprint density at radius 1 is 1.31 bits per heavy atom. The summed E-state index contributed by atoms with van der Waals surface area (Å²) in [4.78, 5) is 0. The third-order valence-electron chi connectivity index (χ3n) is 2.82. The number of nitrogens with one attached hydrogen (secondary N) is 1. The molecule has 0 heterocycles. The zero-order chi connectivity index (χ0) is 9.68. The van der Waals surface area contributed by atoms with Gasteiger partial charge in [-0.25, -0.2) is 8.78 Å². The maximum absolute atomic E-state index is 11.8. The lowest BCUT2D eigenvalue weighted by molar-refractivity contribution is 0.143. The predicted molar refractivity (Wildman–Crippen MR) is 48.8 cm³/mol. The molecule has 0 bridgehead atoms. The quantitative estimate of drug-likeness (QED) is 0.687. The van der Waals surface area contributed by atoms with Gasteiger partial charge in [0.1, 0.15) is 0 Å². The molecular formula is C9H18F2N2. The van der Waals surface area contributed by atoms with Crippen molar-refractivity contribution in [2.45, 2.75) is 25.7 Å². The molecule has 0 aromatic heterocycles. The Kier molecular flexibility index (Phi) is 4.59. The fourth-order valence-corrected chi connectivity index (χ4v) is 2.07. The van der Waals surface area contributed by atoms with Crippen molar-refractivity contribution in [3.63, 3.8) is 0 Å². The Bertz CT molecular complexity index is 142. The maximum atomic E-state index is 11.8. The SMILES string of the molecule is NCC1CCCC1CNCC(F)F. The minimum absolute atomic E-state index is 0.187. The van der Waals surface area contributed by atoms with Gasteiger partial charge in [0.25, 0.3) is 6.43 Å². The molecule has 0 saturated heterocycles. The lowest BCUT2D eigenvalue weighted by Crippen LogP contribution is -2.31. The van der Waals surface area contributed by atoms with Crippen LogP contribution in [0.2, 0.25) is 0 Å². The van der Waals surface area contributed by atoms with Crippen LogP contribution in [-0.4, -0.2) is 26.1 Å². The van der Waals surface area contributed by atoms with Crippen molar-refractivity contribution < 1.29 is 8.78 Å². The Balaban J connectivity index is 2.13. The van der Waals surface area contributed by atoms with Crippen LogP contribution in [0.15, 0.2) is 0 Å². The van der Waals surface area contributed by atoms with E-state index in [0.29, 0.717) is 24.9 Å². The maximum Gasteiger partial charge on any atom is 0.250 e. The molecule has 0 aliphatic heterocycles. The van der Waals surface area contributed by atoms with Crippen LogP contribution in [0.3, 0.4) is 0 Å². The molecule has 0 aromatic carbocycles. The second-order valence-corrected chi connectivity index (χ2v) is 3.74. The van der Waals surface area contributed by atoms with Crippen LogP contribution >= 0.6 is 0 Å². The smallest absolute Gasteiger partial charge is 0.250 e. The van der Waals surface area contributed by atoms with Crippen LogP contribution in [0.4, 0.5) is 8.78 Å². The van der Waals surface area contributed by atoms with E-state index in [1.54, 1.807) is 0 Å². The minimum Gasteiger partial charge on any atom is -0.330 e. The Morgan fingerprint density at radius 2 is 2.00 bits per heavy atom. The second kappa shape index (κ2) is 5.50. The lowest BCUT2D eigenvalue weighted by atomic mass is 9.96. The highest BCUT2D eigenvalue weighted by Gasteiger charge is 2.25. The van der Waals surface area contributed by atoms with E-state index in [4.69, 9.17) is 5.73 Å². The molecule has 1 rings (SSSR count). The van der Waals surface area contributed by atoms with E-state index in [-0.39, 0.29) is 6.54 Å². The van der Waals surface area contributed by atoms with Gasteiger partial charge in [0.2, 0.25) is 0 Å². The van der Waals surface area contributed by atoms with Crippen molar-refractivity contribution in [2.75, 3.05) is 19.6 Å². The van der Waals surface area contributed by atoms with E-state index in [0.717, 1.165) is 12.8 Å². The van der Waals surface area contributed by atoms with Gasteiger partial charge in [-0.05, 0) is 37.8 Å². The van der Waals surface area contributed by atoms with Crippen molar-refractivity contribution in [2.24, 2.45) is 17.6 Å². The minimum atomic E-state index is -2.24. The summed E-state index contributed by atoms with van der Waals surface area (Å²) in [5.74, 6) is 1.06. The summed E-state index contributed by atoms with van der Waals surface area (Å²) in [5, 5.41) is 2.79. The van der Waals surface area contributed by atoms with Gasteiger partial charge >= 0.3 is 0 Å². The third-order valence-corrected chi connectivity index (χ3v) is 2.82. The molecule has 1 aliphatic rings. The average Bonchev–Trinajstić information content (AvgIpc) is 2.51. The molecule has 3 N–H and O–H groups in total. The summed E-state index contributed by atoms with van der Waals surface area (Å²) < 4.78 is 23.6. The van der Waals surface area contributed by atoms with E-state index >= 15 is 0 Å². The van der Waals surface area contributed by atoms with Gasteiger partial charge in [-0.2, -0.15) is 0 Å². The predicted octanol–water partition coefficient (Wildman–Crippen LogP) is 1.22. The van der Waals surface area contributed by atoms with Crippen LogP contribution in [0.1, 0.15) is 19.3 Å². The first-order chi connectivity index (χ1) is 6.24. The van der Waals surface area contributed by atoms with Gasteiger partial charge in [0, 0.05) is 0 Å². The molecule has 13 heavy (non-hydrogen) atoms. The topological polar surface area (TPSA) is 38.0 Å². The van der Waals surface area contributed by atoms with E-state index in [9.17, 15) is 8.78 Å². The van der Waals surface area contributed by atoms with Crippen LogP contribution in [-0.2, 0) is 0 Å². The normalized spacial score (nSPS) is 28.6. The zero-order valence-corrected chi connectivity index (χ0v) is 7.81. The molecular weight excluding hydrogens is 174 g/mol. The lowest BCUT2D eigenvalue weighted by Gasteiger charge is -2.17. The Morgan fingerprint density at radius 3 is 2.62 bits per heavy atom. The van der Waals surface area contributed by atoms with Gasteiger partial charge < -0.3 is 11.1 Å². The molecule has 2 atom stereocenters. The molecule has 0 amide bonds. The van der Waals surface area contributed by atoms with Crippen LogP contribution in [0, 0.1) is 11.8 Å². The Hall–Kier alpha value is -0.220. The number of halogens is 2. The average molecular weight is 192 g/mol. The van der Waals surface area contributed by atoms with Gasteiger partial charge in [0.15, 0.2) is 0 Å². The molecule has 0 spiro atoms. The number of hydrogen-bond acceptors (Lipinski definition) is 2. The third kappa shape index (κ3) is 3.56. The van der Waals surface area contributed by atoms with Crippen LogP contribution in [0.25, 0.3) is 0 Å². The summed E-state index contributed by atoms with van der Waals surface area (Å²) in [6, 6.07) is 0. The van der Waals surface area contributed by atoms with E-state index < -0.39 is 6.43 Å². The summed E-state index contributed by atoms with van der Waals surface area (Å²) in [6.45, 7) is 1.21. The van der Waals surface area contributed by atoms with Crippen molar-refractivity contribution in [3.05, 3.63) is 0 Å². The molecule has 0 aromatic rings. The van der Waals surface area contributed by atoms with E-state index in [2.05, 4.69) is 5.32 Å². The second-order valence-electron chi connectivity index (χ2n) is 3.74. The van der Waals surface area contributed by atoms with Crippen molar-refractivity contribution in [1.82, 2.24) is 5.32 Å². The van der Waals surface area contributed by atoms with Gasteiger partial charge in [-0.15, -0.1) is 0 Å². The Labute approximate surface area is 77.9 Å². The highest BCUT2D eigenvalue weighted by Crippen LogP contribution is 2.30. The molecule has 0 radical (unpaired) electrons. The highest BCUT2D eigenvalue weighted by atomic mass is 19.3. The summed E-state index contributed by atoms with van der Waals surface area (Å²) >= 11 is 0. The summed E-state index contributed by atoms with van der Waals surface area (Å²) in [6.07, 6.45) is 1.26. The monoisotopic (exact) mass is 192 g/mol. The molecule has 4 heteroatoms. The molecule has 1 aliphatic carbocycles. The molecule has 78 valence electrons. The number of alkyl halides is 2. The molecule has 2 unspecified atom stereocenters. The fourth-order valence-electron chi connectivity index (χ4n) is 2.07. The fraction of sp³-hybridized carbons (Fsp3) is 1.00. The zero-order valence-electron chi connectivity index (χ0n) is 7.81. The van der Waals surface area contributed by atoms with Crippen molar-refractivity contribution in [3.8, 4) is 0 Å². The standard InChI is InChI=1S/C9H18F2N2/c10-9(11)6-13-5-8-3-1-2-7(8)4-12/h7-9,13H,1-6,12H2. The summed E-state index contributed by atoms with van der Waals surface area (Å²) in [5.41, 5.74) is 5.58. The number of hydrogen-bond donors (Lipinski definition) is 2. The van der Waals surface area contributed by atoms with Crippen LogP contribution in [0.5, 0.6) is 0 Å².